The van der Waals surface area contributed by atoms with Gasteiger partial charge >= 0.3 is 0 Å². The first kappa shape index (κ1) is 19.4. The normalized spacial score (nSPS) is 16.1. The summed E-state index contributed by atoms with van der Waals surface area (Å²) >= 11 is 0. The van der Waals surface area contributed by atoms with Gasteiger partial charge in [0.2, 0.25) is 0 Å². The summed E-state index contributed by atoms with van der Waals surface area (Å²) in [6.07, 6.45) is 4.78. The van der Waals surface area contributed by atoms with Gasteiger partial charge in [0, 0.05) is 18.2 Å². The van der Waals surface area contributed by atoms with Crippen molar-refractivity contribution in [3.63, 3.8) is 0 Å². The summed E-state index contributed by atoms with van der Waals surface area (Å²) in [5.74, 6) is -0.860. The van der Waals surface area contributed by atoms with Crippen LogP contribution in [0.3, 0.4) is 0 Å². The van der Waals surface area contributed by atoms with E-state index >= 15 is 0 Å². The van der Waals surface area contributed by atoms with Gasteiger partial charge < -0.3 is 9.64 Å². The van der Waals surface area contributed by atoms with Gasteiger partial charge in [-0.15, -0.1) is 4.91 Å². The van der Waals surface area contributed by atoms with Crippen LogP contribution in [0.4, 0.5) is 8.78 Å². The molecule has 0 bridgehead atoms. The molecular weight excluding hydrogens is 350 g/mol. The zero-order chi connectivity index (χ0) is 19.1. The van der Waals surface area contributed by atoms with Gasteiger partial charge in [-0.3, -0.25) is 0 Å². The second-order valence-electron chi connectivity index (χ2n) is 6.85. The lowest BCUT2D eigenvalue weighted by molar-refractivity contribution is 0.205. The van der Waals surface area contributed by atoms with Gasteiger partial charge in [0.05, 0.1) is 6.61 Å². The van der Waals surface area contributed by atoms with Crippen molar-refractivity contribution in [2.75, 3.05) is 26.2 Å². The van der Waals surface area contributed by atoms with Gasteiger partial charge in [-0.25, -0.2) is 8.78 Å². The summed E-state index contributed by atoms with van der Waals surface area (Å²) in [7, 11) is 0. The number of rotatable bonds is 8. The molecule has 4 nitrogen and oxygen atoms in total. The van der Waals surface area contributed by atoms with Crippen LogP contribution in [0.5, 0.6) is 5.75 Å². The van der Waals surface area contributed by atoms with E-state index in [0.29, 0.717) is 17.9 Å². The Morgan fingerprint density at radius 3 is 2.63 bits per heavy atom. The molecule has 6 heteroatoms. The van der Waals surface area contributed by atoms with Gasteiger partial charge in [-0.1, -0.05) is 29.8 Å². The lowest BCUT2D eigenvalue weighted by Crippen LogP contribution is -2.31. The molecule has 27 heavy (non-hydrogen) atoms. The molecule has 1 saturated heterocycles. The topological polar surface area (TPSA) is 41.9 Å². The Bertz CT molecular complexity index is 764. The molecule has 1 fully saturated rings. The molecule has 1 unspecified atom stereocenters. The van der Waals surface area contributed by atoms with Crippen molar-refractivity contribution in [2.45, 2.75) is 31.7 Å². The summed E-state index contributed by atoms with van der Waals surface area (Å²) < 4.78 is 32.9. The molecule has 1 heterocycles. The number of halogens is 2. The van der Waals surface area contributed by atoms with E-state index in [-0.39, 0.29) is 5.56 Å². The molecule has 1 aliphatic heterocycles. The van der Waals surface area contributed by atoms with Gasteiger partial charge in [-0.2, -0.15) is 0 Å². The first-order chi connectivity index (χ1) is 13.2. The standard InChI is InChI=1S/C21H24F2N2O2/c22-17-8-9-19(20(23)15-17)21(24-26)16-6-4-7-18(14-16)27-13-5-12-25-10-2-1-3-11-25/h4,6-9,14-15,21H,1-3,5,10-13H2. The maximum Gasteiger partial charge on any atom is 0.145 e. The van der Waals surface area contributed by atoms with Gasteiger partial charge in [0.25, 0.3) is 0 Å². The van der Waals surface area contributed by atoms with Crippen molar-refractivity contribution in [3.8, 4) is 5.75 Å². The minimum atomic E-state index is -1.04. The third kappa shape index (κ3) is 5.32. The Labute approximate surface area is 158 Å². The van der Waals surface area contributed by atoms with Crippen LogP contribution in [-0.4, -0.2) is 31.1 Å². The number of hydrogen-bond acceptors (Lipinski definition) is 4. The van der Waals surface area contributed by atoms with Crippen LogP contribution in [0.25, 0.3) is 0 Å². The number of benzene rings is 2. The number of piperidine rings is 1. The highest BCUT2D eigenvalue weighted by Crippen LogP contribution is 2.30. The smallest absolute Gasteiger partial charge is 0.145 e. The fraction of sp³-hybridized carbons (Fsp3) is 0.429. The summed E-state index contributed by atoms with van der Waals surface area (Å²) in [5, 5.41) is 3.04. The number of nitrogens with zero attached hydrogens (tertiary/aromatic N) is 2. The number of ether oxygens (including phenoxy) is 1. The minimum absolute atomic E-state index is 0.0497. The molecule has 0 saturated carbocycles. The summed E-state index contributed by atoms with van der Waals surface area (Å²) in [6.45, 7) is 3.90. The Morgan fingerprint density at radius 1 is 1.07 bits per heavy atom. The largest absolute Gasteiger partial charge is 0.494 e. The van der Waals surface area contributed by atoms with E-state index in [0.717, 1.165) is 38.2 Å². The second-order valence-corrected chi connectivity index (χ2v) is 6.85. The summed E-state index contributed by atoms with van der Waals surface area (Å²) in [4.78, 5) is 13.8. The zero-order valence-corrected chi connectivity index (χ0v) is 15.2. The molecule has 0 radical (unpaired) electrons. The molecule has 0 N–H and O–H groups in total. The van der Waals surface area contributed by atoms with Crippen molar-refractivity contribution >= 4 is 0 Å². The number of likely N-dealkylation sites (tertiary alicyclic amines) is 1. The molecule has 1 aliphatic rings. The van der Waals surface area contributed by atoms with Crippen molar-refractivity contribution in [2.24, 2.45) is 5.18 Å². The molecule has 0 spiro atoms. The Kier molecular flexibility index (Phi) is 6.87. The van der Waals surface area contributed by atoms with Crippen molar-refractivity contribution in [1.29, 1.82) is 0 Å². The first-order valence-corrected chi connectivity index (χ1v) is 9.40. The van der Waals surface area contributed by atoms with E-state index in [1.54, 1.807) is 24.3 Å². The van der Waals surface area contributed by atoms with E-state index in [2.05, 4.69) is 10.1 Å². The van der Waals surface area contributed by atoms with Crippen molar-refractivity contribution in [1.82, 2.24) is 4.90 Å². The molecule has 144 valence electrons. The van der Waals surface area contributed by atoms with Crippen LogP contribution < -0.4 is 4.74 Å². The SMILES string of the molecule is O=NC(c1cccc(OCCCN2CCCCC2)c1)c1ccc(F)cc1F. The highest BCUT2D eigenvalue weighted by atomic mass is 19.1. The highest BCUT2D eigenvalue weighted by Gasteiger charge is 2.20. The maximum atomic E-state index is 14.0. The van der Waals surface area contributed by atoms with Crippen LogP contribution >= 0.6 is 0 Å². The third-order valence-electron chi connectivity index (χ3n) is 4.87. The Morgan fingerprint density at radius 2 is 1.89 bits per heavy atom. The fourth-order valence-electron chi connectivity index (χ4n) is 3.46. The van der Waals surface area contributed by atoms with E-state index in [9.17, 15) is 13.7 Å². The first-order valence-electron chi connectivity index (χ1n) is 9.40. The quantitative estimate of drug-likeness (QED) is 0.478. The predicted molar refractivity (Wildman–Crippen MR) is 101 cm³/mol. The molecule has 1 atom stereocenters. The van der Waals surface area contributed by atoms with Crippen molar-refractivity contribution < 1.29 is 13.5 Å². The fourth-order valence-corrected chi connectivity index (χ4v) is 3.46. The maximum absolute atomic E-state index is 14.0. The molecule has 3 rings (SSSR count). The predicted octanol–water partition coefficient (Wildman–Crippen LogP) is 5.08. The highest BCUT2D eigenvalue weighted by molar-refractivity contribution is 5.37. The number of nitroso groups, excluding NO2 is 1. The van der Waals surface area contributed by atoms with E-state index < -0.39 is 17.7 Å². The molecule has 0 aromatic heterocycles. The lowest BCUT2D eigenvalue weighted by atomic mass is 9.99. The summed E-state index contributed by atoms with van der Waals surface area (Å²) in [6, 6.07) is 9.02. The Hall–Kier alpha value is -2.34. The van der Waals surface area contributed by atoms with Crippen molar-refractivity contribution in [3.05, 3.63) is 70.1 Å². The Balaban J connectivity index is 1.60. The monoisotopic (exact) mass is 374 g/mol. The van der Waals surface area contributed by atoms with E-state index in [1.807, 2.05) is 0 Å². The van der Waals surface area contributed by atoms with E-state index in [4.69, 9.17) is 4.74 Å². The summed E-state index contributed by atoms with van der Waals surface area (Å²) in [5.41, 5.74) is 0.567. The van der Waals surface area contributed by atoms with Gasteiger partial charge in [0.15, 0.2) is 0 Å². The third-order valence-corrected chi connectivity index (χ3v) is 4.87. The average Bonchev–Trinajstić information content (AvgIpc) is 2.69. The molecule has 0 amide bonds. The van der Waals surface area contributed by atoms with Crippen LogP contribution in [0, 0.1) is 16.5 Å². The zero-order valence-electron chi connectivity index (χ0n) is 15.2. The molecule has 0 aliphatic carbocycles. The van der Waals surface area contributed by atoms with Crippen LogP contribution in [0.15, 0.2) is 47.6 Å². The van der Waals surface area contributed by atoms with Gasteiger partial charge in [0.1, 0.15) is 23.4 Å². The van der Waals surface area contributed by atoms with Crippen LogP contribution in [0.1, 0.15) is 42.9 Å². The van der Waals surface area contributed by atoms with Crippen LogP contribution in [0.2, 0.25) is 0 Å². The van der Waals surface area contributed by atoms with Gasteiger partial charge in [-0.05, 0) is 56.1 Å². The molecular formula is C21H24F2N2O2. The molecule has 2 aromatic carbocycles. The minimum Gasteiger partial charge on any atom is -0.494 e. The lowest BCUT2D eigenvalue weighted by Gasteiger charge is -2.26. The van der Waals surface area contributed by atoms with E-state index in [1.165, 1.54) is 25.3 Å². The van der Waals surface area contributed by atoms with Crippen LogP contribution in [-0.2, 0) is 0 Å². The second kappa shape index (κ2) is 9.55. The molecule has 2 aromatic rings. The average molecular weight is 374 g/mol. The number of hydrogen-bond donors (Lipinski definition) is 0.